The van der Waals surface area contributed by atoms with Gasteiger partial charge in [0.2, 0.25) is 21.8 Å². The van der Waals surface area contributed by atoms with E-state index >= 15 is 0 Å². The number of amides is 2. The molecule has 1 aromatic rings. The zero-order valence-corrected chi connectivity index (χ0v) is 16.0. The Hall–Kier alpha value is -2.29. The minimum absolute atomic E-state index is 0.234. The van der Waals surface area contributed by atoms with Crippen LogP contribution in [-0.4, -0.2) is 57.6 Å². The van der Waals surface area contributed by atoms with Gasteiger partial charge in [-0.05, 0) is 44.0 Å². The summed E-state index contributed by atoms with van der Waals surface area (Å²) in [6.07, 6.45) is 2.06. The number of benzene rings is 1. The number of carbonyl (C=O) groups is 2. The molecule has 2 N–H and O–H groups in total. The van der Waals surface area contributed by atoms with E-state index in [1.165, 1.54) is 7.11 Å². The summed E-state index contributed by atoms with van der Waals surface area (Å²) in [6, 6.07) is 5.58. The Morgan fingerprint density at radius 1 is 1.23 bits per heavy atom. The summed E-state index contributed by atoms with van der Waals surface area (Å²) in [5, 5.41) is 0. The first-order chi connectivity index (χ1) is 12.1. The first-order valence-electron chi connectivity index (χ1n) is 8.36. The van der Waals surface area contributed by atoms with Gasteiger partial charge in [-0.15, -0.1) is 0 Å². The molecule has 2 amide bonds. The smallest absolute Gasteiger partial charge is 0.246 e. The summed E-state index contributed by atoms with van der Waals surface area (Å²) in [5.74, 6) is -0.299. The van der Waals surface area contributed by atoms with E-state index in [1.54, 1.807) is 36.1 Å². The first-order valence-corrected chi connectivity index (χ1v) is 10.2. The molecule has 144 valence electrons. The van der Waals surface area contributed by atoms with Crippen LogP contribution < -0.4 is 14.8 Å². The zero-order chi connectivity index (χ0) is 19.5. The van der Waals surface area contributed by atoms with Crippen LogP contribution in [0.1, 0.15) is 19.8 Å². The SMILES string of the molecule is COc1ccc(N([C@H](C)C(=O)N2CCC(C(N)=O)CC2)S(C)(=O)=O)cc1. The summed E-state index contributed by atoms with van der Waals surface area (Å²) in [7, 11) is -2.15. The maximum atomic E-state index is 12.8. The quantitative estimate of drug-likeness (QED) is 0.772. The number of methoxy groups -OCH3 is 1. The lowest BCUT2D eigenvalue weighted by Crippen LogP contribution is -2.52. The predicted octanol–water partition coefficient (Wildman–Crippen LogP) is 0.574. The molecule has 0 saturated carbocycles. The van der Waals surface area contributed by atoms with Gasteiger partial charge in [0.25, 0.3) is 0 Å². The van der Waals surface area contributed by atoms with Crippen molar-refractivity contribution < 1.29 is 22.7 Å². The van der Waals surface area contributed by atoms with Crippen LogP contribution in [-0.2, 0) is 19.6 Å². The van der Waals surface area contributed by atoms with Crippen LogP contribution in [0.5, 0.6) is 5.75 Å². The minimum Gasteiger partial charge on any atom is -0.497 e. The summed E-state index contributed by atoms with van der Waals surface area (Å²) in [4.78, 5) is 25.7. The molecule has 1 fully saturated rings. The lowest BCUT2D eigenvalue weighted by Gasteiger charge is -2.36. The molecule has 9 heteroatoms. The highest BCUT2D eigenvalue weighted by atomic mass is 32.2. The number of nitrogens with zero attached hydrogens (tertiary/aromatic N) is 2. The second kappa shape index (κ2) is 7.94. The Balaban J connectivity index is 2.20. The molecular weight excluding hydrogens is 358 g/mol. The van der Waals surface area contributed by atoms with E-state index in [9.17, 15) is 18.0 Å². The molecule has 0 bridgehead atoms. The van der Waals surface area contributed by atoms with Gasteiger partial charge in [0.05, 0.1) is 19.1 Å². The number of hydrogen-bond donors (Lipinski definition) is 1. The number of ether oxygens (including phenoxy) is 1. The number of nitrogens with two attached hydrogens (primary N) is 1. The molecule has 1 aromatic carbocycles. The van der Waals surface area contributed by atoms with E-state index in [0.29, 0.717) is 37.4 Å². The summed E-state index contributed by atoms with van der Waals surface area (Å²) in [5.41, 5.74) is 5.70. The van der Waals surface area contributed by atoms with Gasteiger partial charge in [-0.3, -0.25) is 13.9 Å². The highest BCUT2D eigenvalue weighted by Crippen LogP contribution is 2.25. The number of sulfonamides is 1. The molecule has 1 saturated heterocycles. The van der Waals surface area contributed by atoms with Crippen molar-refractivity contribution in [1.82, 2.24) is 4.90 Å². The van der Waals surface area contributed by atoms with E-state index in [2.05, 4.69) is 0 Å². The van der Waals surface area contributed by atoms with Crippen LogP contribution in [0.15, 0.2) is 24.3 Å². The van der Waals surface area contributed by atoms with E-state index in [4.69, 9.17) is 10.5 Å². The number of likely N-dealkylation sites (tertiary alicyclic amines) is 1. The van der Waals surface area contributed by atoms with Gasteiger partial charge in [-0.1, -0.05) is 0 Å². The van der Waals surface area contributed by atoms with Gasteiger partial charge in [0.1, 0.15) is 11.8 Å². The molecule has 0 radical (unpaired) electrons. The predicted molar refractivity (Wildman–Crippen MR) is 98.3 cm³/mol. The average molecular weight is 383 g/mol. The fraction of sp³-hybridized carbons (Fsp3) is 0.529. The molecular formula is C17H25N3O5S. The van der Waals surface area contributed by atoms with Gasteiger partial charge in [0.15, 0.2) is 0 Å². The summed E-state index contributed by atoms with van der Waals surface area (Å²) >= 11 is 0. The van der Waals surface area contributed by atoms with Crippen molar-refractivity contribution in [3.8, 4) is 5.75 Å². The largest absolute Gasteiger partial charge is 0.497 e. The summed E-state index contributed by atoms with van der Waals surface area (Å²) < 4.78 is 30.8. The topological polar surface area (TPSA) is 110 Å². The summed E-state index contributed by atoms with van der Waals surface area (Å²) in [6.45, 7) is 2.34. The van der Waals surface area contributed by atoms with Gasteiger partial charge < -0.3 is 15.4 Å². The van der Waals surface area contributed by atoms with Crippen molar-refractivity contribution >= 4 is 27.5 Å². The first kappa shape index (κ1) is 20.0. The molecule has 26 heavy (non-hydrogen) atoms. The molecule has 2 rings (SSSR count). The van der Waals surface area contributed by atoms with Gasteiger partial charge in [0, 0.05) is 19.0 Å². The Kier molecular flexibility index (Phi) is 6.12. The van der Waals surface area contributed by atoms with E-state index < -0.39 is 16.1 Å². The van der Waals surface area contributed by atoms with Crippen molar-refractivity contribution in [3.05, 3.63) is 24.3 Å². The second-order valence-electron chi connectivity index (χ2n) is 6.43. The normalized spacial score (nSPS) is 16.8. The third-order valence-electron chi connectivity index (χ3n) is 4.60. The van der Waals surface area contributed by atoms with Crippen molar-refractivity contribution in [2.24, 2.45) is 11.7 Å². The molecule has 1 aliphatic heterocycles. The number of rotatable bonds is 6. The molecule has 1 heterocycles. The maximum Gasteiger partial charge on any atom is 0.246 e. The fourth-order valence-electron chi connectivity index (χ4n) is 3.18. The second-order valence-corrected chi connectivity index (χ2v) is 8.29. The van der Waals surface area contributed by atoms with Crippen LogP contribution >= 0.6 is 0 Å². The maximum absolute atomic E-state index is 12.8. The van der Waals surface area contributed by atoms with Crippen molar-refractivity contribution in [1.29, 1.82) is 0 Å². The zero-order valence-electron chi connectivity index (χ0n) is 15.2. The van der Waals surface area contributed by atoms with E-state index in [0.717, 1.165) is 10.6 Å². The fourth-order valence-corrected chi connectivity index (χ4v) is 4.35. The molecule has 1 aliphatic rings. The standard InChI is InChI=1S/C17H25N3O5S/c1-12(17(22)19-10-8-13(9-11-19)16(18)21)20(26(3,23)24)14-4-6-15(25-2)7-5-14/h4-7,12-13H,8-11H2,1-3H3,(H2,18,21)/t12-/m1/s1. The number of hydrogen-bond acceptors (Lipinski definition) is 5. The number of piperidine rings is 1. The Labute approximate surface area is 153 Å². The number of anilines is 1. The Morgan fingerprint density at radius 2 is 1.77 bits per heavy atom. The Morgan fingerprint density at radius 3 is 2.19 bits per heavy atom. The number of primary amides is 1. The van der Waals surface area contributed by atoms with Gasteiger partial charge >= 0.3 is 0 Å². The average Bonchev–Trinajstić information content (AvgIpc) is 2.60. The molecule has 0 unspecified atom stereocenters. The van der Waals surface area contributed by atoms with E-state index in [-0.39, 0.29) is 17.7 Å². The van der Waals surface area contributed by atoms with Crippen molar-refractivity contribution in [2.45, 2.75) is 25.8 Å². The van der Waals surface area contributed by atoms with E-state index in [1.807, 2.05) is 0 Å². The molecule has 0 spiro atoms. The molecule has 0 aromatic heterocycles. The van der Waals surface area contributed by atoms with Crippen LogP contribution in [0.4, 0.5) is 5.69 Å². The highest BCUT2D eigenvalue weighted by molar-refractivity contribution is 7.92. The lowest BCUT2D eigenvalue weighted by atomic mass is 9.96. The van der Waals surface area contributed by atoms with Crippen LogP contribution in [0, 0.1) is 5.92 Å². The van der Waals surface area contributed by atoms with Crippen LogP contribution in [0.2, 0.25) is 0 Å². The number of carbonyl (C=O) groups excluding carboxylic acids is 2. The monoisotopic (exact) mass is 383 g/mol. The van der Waals surface area contributed by atoms with Gasteiger partial charge in [-0.2, -0.15) is 0 Å². The van der Waals surface area contributed by atoms with Gasteiger partial charge in [-0.25, -0.2) is 8.42 Å². The highest BCUT2D eigenvalue weighted by Gasteiger charge is 2.34. The minimum atomic E-state index is -3.67. The molecule has 8 nitrogen and oxygen atoms in total. The van der Waals surface area contributed by atoms with Crippen LogP contribution in [0.25, 0.3) is 0 Å². The molecule has 0 aliphatic carbocycles. The van der Waals surface area contributed by atoms with Crippen LogP contribution in [0.3, 0.4) is 0 Å². The van der Waals surface area contributed by atoms with Crippen molar-refractivity contribution in [3.63, 3.8) is 0 Å². The molecule has 1 atom stereocenters. The third-order valence-corrected chi connectivity index (χ3v) is 5.84. The third kappa shape index (κ3) is 4.46. The lowest BCUT2D eigenvalue weighted by molar-refractivity contribution is -0.135. The van der Waals surface area contributed by atoms with Crippen molar-refractivity contribution in [2.75, 3.05) is 30.8 Å². The Bertz CT molecular complexity index is 755.